The number of β-amino-alcohol motifs (C(OH)–C–C–N with tert-alkyl or cyclic N) is 1. The van der Waals surface area contributed by atoms with Crippen LogP contribution in [0.3, 0.4) is 0 Å². The minimum Gasteiger partial charge on any atom is -0.444 e. The number of fused-ring (bicyclic) bond motifs is 1. The van der Waals surface area contributed by atoms with Gasteiger partial charge in [0.1, 0.15) is 5.60 Å². The van der Waals surface area contributed by atoms with E-state index in [0.717, 1.165) is 22.0 Å². The molecule has 1 amide bonds. The van der Waals surface area contributed by atoms with Crippen molar-refractivity contribution in [1.29, 1.82) is 0 Å². The van der Waals surface area contributed by atoms with Crippen molar-refractivity contribution in [2.75, 3.05) is 13.1 Å². The van der Waals surface area contributed by atoms with Crippen molar-refractivity contribution in [3.05, 3.63) is 29.5 Å². The number of carbonyl (C=O) groups excluding carboxylic acids is 1. The molecule has 1 saturated heterocycles. The Hall–Kier alpha value is -2.08. The molecule has 0 saturated carbocycles. The molecule has 6 nitrogen and oxygen atoms in total. The summed E-state index contributed by atoms with van der Waals surface area (Å²) < 4.78 is 5.40. The van der Waals surface area contributed by atoms with E-state index in [2.05, 4.69) is 29.3 Å². The molecule has 24 heavy (non-hydrogen) atoms. The lowest BCUT2D eigenvalue weighted by molar-refractivity contribution is -0.00155. The van der Waals surface area contributed by atoms with E-state index in [1.165, 1.54) is 0 Å². The van der Waals surface area contributed by atoms with E-state index in [9.17, 15) is 9.90 Å². The standard InChI is InChI=1S/C18H25N3O3/c1-11-7-12-9-19-20-15(12)8-14(11)13-5-6-21(10-16(13)22)17(23)24-18(2,3)4/h7-9,13,16,22H,5-6,10H2,1-4H3,(H,19,20)/t13-,16+/m0/s1. The molecule has 0 radical (unpaired) electrons. The zero-order chi connectivity index (χ0) is 17.5. The summed E-state index contributed by atoms with van der Waals surface area (Å²) in [6.45, 7) is 8.46. The second kappa shape index (κ2) is 6.09. The summed E-state index contributed by atoms with van der Waals surface area (Å²) in [5.74, 6) is 0.0105. The van der Waals surface area contributed by atoms with Crippen LogP contribution in [-0.4, -0.2) is 51.1 Å². The molecule has 1 fully saturated rings. The van der Waals surface area contributed by atoms with Gasteiger partial charge in [-0.15, -0.1) is 0 Å². The highest BCUT2D eigenvalue weighted by molar-refractivity contribution is 5.80. The van der Waals surface area contributed by atoms with E-state index in [1.54, 1.807) is 11.1 Å². The van der Waals surface area contributed by atoms with Crippen LogP contribution in [0.15, 0.2) is 18.3 Å². The van der Waals surface area contributed by atoms with E-state index in [4.69, 9.17) is 4.74 Å². The van der Waals surface area contributed by atoms with Crippen molar-refractivity contribution in [2.45, 2.75) is 51.7 Å². The SMILES string of the molecule is Cc1cc2cn[nH]c2cc1[C@@H]1CCN(C(=O)OC(C)(C)C)C[C@H]1O. The molecule has 1 aromatic carbocycles. The Morgan fingerprint density at radius 3 is 2.83 bits per heavy atom. The Morgan fingerprint density at radius 1 is 1.42 bits per heavy atom. The zero-order valence-corrected chi connectivity index (χ0v) is 14.7. The molecule has 130 valence electrons. The van der Waals surface area contributed by atoms with Crippen LogP contribution < -0.4 is 0 Å². The number of aromatic nitrogens is 2. The molecule has 0 bridgehead atoms. The first-order valence-electron chi connectivity index (χ1n) is 8.34. The lowest BCUT2D eigenvalue weighted by Crippen LogP contribution is -2.47. The Morgan fingerprint density at radius 2 is 2.17 bits per heavy atom. The summed E-state index contributed by atoms with van der Waals surface area (Å²) in [4.78, 5) is 13.8. The fraction of sp³-hybridized carbons (Fsp3) is 0.556. The minimum absolute atomic E-state index is 0.0105. The van der Waals surface area contributed by atoms with E-state index >= 15 is 0 Å². The molecule has 3 rings (SSSR count). The number of likely N-dealkylation sites (tertiary alicyclic amines) is 1. The van der Waals surface area contributed by atoms with E-state index < -0.39 is 11.7 Å². The number of aryl methyl sites for hydroxylation is 1. The van der Waals surface area contributed by atoms with Gasteiger partial charge in [0.05, 0.1) is 24.4 Å². The zero-order valence-electron chi connectivity index (χ0n) is 14.7. The Bertz CT molecular complexity index is 748. The summed E-state index contributed by atoms with van der Waals surface area (Å²) in [7, 11) is 0. The molecule has 1 aromatic heterocycles. The van der Waals surface area contributed by atoms with Crippen LogP contribution >= 0.6 is 0 Å². The predicted octanol–water partition coefficient (Wildman–Crippen LogP) is 2.96. The monoisotopic (exact) mass is 331 g/mol. The van der Waals surface area contributed by atoms with Crippen molar-refractivity contribution in [3.8, 4) is 0 Å². The maximum Gasteiger partial charge on any atom is 0.410 e. The van der Waals surface area contributed by atoms with Crippen LogP contribution in [0.5, 0.6) is 0 Å². The first-order valence-corrected chi connectivity index (χ1v) is 8.34. The summed E-state index contributed by atoms with van der Waals surface area (Å²) in [6, 6.07) is 4.15. The summed E-state index contributed by atoms with van der Waals surface area (Å²) >= 11 is 0. The average Bonchev–Trinajstić information content (AvgIpc) is 2.91. The number of nitrogens with one attached hydrogen (secondary N) is 1. The second-order valence-electron chi connectivity index (χ2n) is 7.55. The van der Waals surface area contributed by atoms with Crippen molar-refractivity contribution < 1.29 is 14.6 Å². The number of aliphatic hydroxyl groups is 1. The van der Waals surface area contributed by atoms with Gasteiger partial charge in [0, 0.05) is 17.8 Å². The quantitative estimate of drug-likeness (QED) is 0.842. The van der Waals surface area contributed by atoms with Gasteiger partial charge in [0.2, 0.25) is 0 Å². The number of carbonyl (C=O) groups is 1. The lowest BCUT2D eigenvalue weighted by Gasteiger charge is -2.37. The molecule has 2 aromatic rings. The summed E-state index contributed by atoms with van der Waals surface area (Å²) in [5, 5.41) is 18.7. The molecule has 2 atom stereocenters. The van der Waals surface area contributed by atoms with Gasteiger partial charge in [0.15, 0.2) is 0 Å². The third-order valence-corrected chi connectivity index (χ3v) is 4.46. The van der Waals surface area contributed by atoms with Gasteiger partial charge in [-0.25, -0.2) is 4.79 Å². The number of amides is 1. The van der Waals surface area contributed by atoms with Crippen LogP contribution in [0, 0.1) is 6.92 Å². The van der Waals surface area contributed by atoms with Gasteiger partial charge in [-0.1, -0.05) is 0 Å². The number of hydrogen-bond donors (Lipinski definition) is 2. The number of piperidine rings is 1. The van der Waals surface area contributed by atoms with Gasteiger partial charge in [-0.05, 0) is 57.4 Å². The first-order chi connectivity index (χ1) is 11.2. The highest BCUT2D eigenvalue weighted by Crippen LogP contribution is 2.33. The Balaban J connectivity index is 1.75. The van der Waals surface area contributed by atoms with Gasteiger partial charge in [0.25, 0.3) is 0 Å². The Kier molecular flexibility index (Phi) is 4.25. The molecule has 0 spiro atoms. The second-order valence-corrected chi connectivity index (χ2v) is 7.55. The highest BCUT2D eigenvalue weighted by Gasteiger charge is 2.34. The number of benzene rings is 1. The first kappa shape index (κ1) is 16.8. The van der Waals surface area contributed by atoms with Gasteiger partial charge < -0.3 is 14.7 Å². The van der Waals surface area contributed by atoms with Crippen molar-refractivity contribution >= 4 is 17.0 Å². The largest absolute Gasteiger partial charge is 0.444 e. The van der Waals surface area contributed by atoms with Gasteiger partial charge in [-0.3, -0.25) is 5.10 Å². The summed E-state index contributed by atoms with van der Waals surface area (Å²) in [5.41, 5.74) is 2.69. The lowest BCUT2D eigenvalue weighted by atomic mass is 9.84. The number of aromatic amines is 1. The van der Waals surface area contributed by atoms with Crippen molar-refractivity contribution in [1.82, 2.24) is 15.1 Å². The van der Waals surface area contributed by atoms with E-state index in [0.29, 0.717) is 19.5 Å². The maximum absolute atomic E-state index is 12.2. The predicted molar refractivity (Wildman–Crippen MR) is 92.0 cm³/mol. The van der Waals surface area contributed by atoms with Gasteiger partial charge >= 0.3 is 6.09 Å². The van der Waals surface area contributed by atoms with Crippen LogP contribution in [0.2, 0.25) is 0 Å². The molecule has 6 heteroatoms. The minimum atomic E-state index is -0.606. The van der Waals surface area contributed by atoms with Crippen LogP contribution in [-0.2, 0) is 4.74 Å². The van der Waals surface area contributed by atoms with Crippen LogP contribution in [0.25, 0.3) is 10.9 Å². The molecule has 0 aliphatic carbocycles. The van der Waals surface area contributed by atoms with Crippen LogP contribution in [0.4, 0.5) is 4.79 Å². The maximum atomic E-state index is 12.2. The number of rotatable bonds is 1. The molecule has 1 aliphatic heterocycles. The Labute approximate surface area is 141 Å². The molecule has 0 unspecified atom stereocenters. The number of H-pyrrole nitrogens is 1. The topological polar surface area (TPSA) is 78.5 Å². The highest BCUT2D eigenvalue weighted by atomic mass is 16.6. The van der Waals surface area contributed by atoms with E-state index in [-0.39, 0.29) is 12.0 Å². The molecule has 2 N–H and O–H groups in total. The van der Waals surface area contributed by atoms with Gasteiger partial charge in [-0.2, -0.15) is 5.10 Å². The fourth-order valence-electron chi connectivity index (χ4n) is 3.31. The molecule has 2 heterocycles. The smallest absolute Gasteiger partial charge is 0.410 e. The number of ether oxygens (including phenoxy) is 1. The fourth-order valence-corrected chi connectivity index (χ4v) is 3.31. The molecule has 1 aliphatic rings. The average molecular weight is 331 g/mol. The summed E-state index contributed by atoms with van der Waals surface area (Å²) in [6.07, 6.45) is 1.54. The van der Waals surface area contributed by atoms with Crippen molar-refractivity contribution in [3.63, 3.8) is 0 Å². The third kappa shape index (κ3) is 3.38. The van der Waals surface area contributed by atoms with Crippen molar-refractivity contribution in [2.24, 2.45) is 0 Å². The third-order valence-electron chi connectivity index (χ3n) is 4.46. The molecular formula is C18H25N3O3. The number of nitrogens with zero attached hydrogens (tertiary/aromatic N) is 2. The number of hydrogen-bond acceptors (Lipinski definition) is 4. The number of aliphatic hydroxyl groups excluding tert-OH is 1. The molecular weight excluding hydrogens is 306 g/mol. The van der Waals surface area contributed by atoms with E-state index in [1.807, 2.05) is 20.8 Å². The van der Waals surface area contributed by atoms with Crippen LogP contribution in [0.1, 0.15) is 44.2 Å². The normalized spacial score (nSPS) is 22.0.